The second kappa shape index (κ2) is 10.1. The van der Waals surface area contributed by atoms with Gasteiger partial charge in [-0.05, 0) is 76.2 Å². The average molecular weight is 549 g/mol. The van der Waals surface area contributed by atoms with Gasteiger partial charge < -0.3 is 9.47 Å². The van der Waals surface area contributed by atoms with E-state index in [-0.39, 0.29) is 11.0 Å². The third kappa shape index (κ3) is 4.89. The lowest BCUT2D eigenvalue weighted by molar-refractivity contribution is 0.506. The van der Waals surface area contributed by atoms with E-state index < -0.39 is 0 Å². The summed E-state index contributed by atoms with van der Waals surface area (Å²) in [7, 11) is 0. The van der Waals surface area contributed by atoms with Gasteiger partial charge in [-0.15, -0.1) is 0 Å². The molecule has 6 nitrogen and oxygen atoms in total. The number of aromatic nitrogens is 3. The van der Waals surface area contributed by atoms with E-state index in [9.17, 15) is 4.79 Å². The molecule has 0 saturated carbocycles. The minimum Gasteiger partial charge on any atom is -0.372 e. The van der Waals surface area contributed by atoms with E-state index in [0.717, 1.165) is 40.2 Å². The molecule has 0 saturated heterocycles. The highest BCUT2D eigenvalue weighted by Crippen LogP contribution is 2.25. The molecular formula is C29H34BrN5O. The van der Waals surface area contributed by atoms with Crippen LogP contribution in [0, 0.1) is 13.8 Å². The Morgan fingerprint density at radius 2 is 1.69 bits per heavy atom. The molecule has 0 fully saturated rings. The summed E-state index contributed by atoms with van der Waals surface area (Å²) in [6, 6.07) is 16.3. The van der Waals surface area contributed by atoms with Gasteiger partial charge in [0.1, 0.15) is 5.82 Å². The third-order valence-corrected chi connectivity index (χ3v) is 6.99. The van der Waals surface area contributed by atoms with Crippen LogP contribution in [0.3, 0.4) is 0 Å². The average Bonchev–Trinajstić information content (AvgIpc) is 3.12. The van der Waals surface area contributed by atoms with Crippen molar-refractivity contribution in [3.8, 4) is 5.69 Å². The molecule has 0 N–H and O–H groups in total. The molecule has 4 aromatic rings. The Balaban J connectivity index is 1.77. The van der Waals surface area contributed by atoms with Crippen LogP contribution in [-0.4, -0.2) is 33.5 Å². The van der Waals surface area contributed by atoms with Crippen molar-refractivity contribution in [1.82, 2.24) is 14.2 Å². The van der Waals surface area contributed by atoms with Gasteiger partial charge in [0.05, 0.1) is 17.1 Å². The first-order valence-electron chi connectivity index (χ1n) is 12.4. The lowest BCUT2D eigenvalue weighted by Crippen LogP contribution is -2.29. The molecule has 0 radical (unpaired) electrons. The van der Waals surface area contributed by atoms with Gasteiger partial charge in [0, 0.05) is 51.3 Å². The van der Waals surface area contributed by atoms with E-state index in [1.165, 1.54) is 10.4 Å². The van der Waals surface area contributed by atoms with Crippen LogP contribution in [0.5, 0.6) is 0 Å². The van der Waals surface area contributed by atoms with Gasteiger partial charge in [0.2, 0.25) is 0 Å². The minimum absolute atomic E-state index is 0.178. The predicted molar refractivity (Wildman–Crippen MR) is 154 cm³/mol. The lowest BCUT2D eigenvalue weighted by Gasteiger charge is -2.21. The van der Waals surface area contributed by atoms with Crippen molar-refractivity contribution < 1.29 is 0 Å². The van der Waals surface area contributed by atoms with Gasteiger partial charge in [0.15, 0.2) is 0 Å². The molecule has 2 heterocycles. The van der Waals surface area contributed by atoms with Crippen molar-refractivity contribution >= 4 is 38.7 Å². The highest BCUT2D eigenvalue weighted by molar-refractivity contribution is 9.10. The van der Waals surface area contributed by atoms with Gasteiger partial charge in [-0.25, -0.2) is 4.98 Å². The fourth-order valence-corrected chi connectivity index (χ4v) is 4.94. The Morgan fingerprint density at radius 3 is 2.31 bits per heavy atom. The quantitative estimate of drug-likeness (QED) is 0.256. The molecule has 2 aromatic carbocycles. The highest BCUT2D eigenvalue weighted by Gasteiger charge is 2.23. The van der Waals surface area contributed by atoms with Crippen LogP contribution in [-0.2, 0) is 5.41 Å². The van der Waals surface area contributed by atoms with Crippen LogP contribution in [0.15, 0.2) is 62.9 Å². The van der Waals surface area contributed by atoms with Crippen LogP contribution < -0.4 is 10.5 Å². The SMILES string of the molecule is CCN(CC)c1ccc(-n2c(C)cc(C=Nn3c(C(C)(C)C)nc4ccc(Br)cc4c3=O)c2C)cc1. The normalized spacial score (nSPS) is 12.1. The van der Waals surface area contributed by atoms with E-state index in [0.29, 0.717) is 16.7 Å². The number of benzene rings is 2. The monoisotopic (exact) mass is 547 g/mol. The van der Waals surface area contributed by atoms with Crippen molar-refractivity contribution in [2.24, 2.45) is 5.10 Å². The molecule has 0 unspecified atom stereocenters. The van der Waals surface area contributed by atoms with E-state index in [4.69, 9.17) is 4.98 Å². The summed E-state index contributed by atoms with van der Waals surface area (Å²) in [6.45, 7) is 16.6. The zero-order valence-electron chi connectivity index (χ0n) is 22.1. The molecule has 4 rings (SSSR count). The smallest absolute Gasteiger partial charge is 0.282 e. The number of hydrogen-bond donors (Lipinski definition) is 0. The van der Waals surface area contributed by atoms with E-state index in [1.54, 1.807) is 12.3 Å². The summed E-state index contributed by atoms with van der Waals surface area (Å²) in [4.78, 5) is 20.6. The number of rotatable bonds is 6. The number of halogens is 1. The first kappa shape index (κ1) is 25.9. The number of hydrogen-bond acceptors (Lipinski definition) is 4. The molecule has 0 spiro atoms. The molecule has 0 amide bonds. The first-order chi connectivity index (χ1) is 17.0. The standard InChI is InChI=1S/C29H34BrN5O/c1-8-33(9-2)23-11-13-24(14-12-23)34-19(3)16-21(20(34)4)18-31-35-27(36)25-17-22(30)10-15-26(25)32-28(35)29(5,6)7/h10-18H,8-9H2,1-7H3. The minimum atomic E-state index is -0.360. The molecule has 0 aliphatic heterocycles. The molecule has 0 atom stereocenters. The molecule has 0 aliphatic rings. The molecular weight excluding hydrogens is 514 g/mol. The number of fused-ring (bicyclic) bond motifs is 1. The van der Waals surface area contributed by atoms with Gasteiger partial charge in [-0.3, -0.25) is 4.79 Å². The first-order valence-corrected chi connectivity index (χ1v) is 13.2. The topological polar surface area (TPSA) is 55.4 Å². The van der Waals surface area contributed by atoms with Crippen molar-refractivity contribution in [2.75, 3.05) is 18.0 Å². The highest BCUT2D eigenvalue weighted by atomic mass is 79.9. The molecule has 36 heavy (non-hydrogen) atoms. The number of aryl methyl sites for hydroxylation is 1. The summed E-state index contributed by atoms with van der Waals surface area (Å²) < 4.78 is 4.50. The summed E-state index contributed by atoms with van der Waals surface area (Å²) in [6.07, 6.45) is 1.77. The Labute approximate surface area is 221 Å². The van der Waals surface area contributed by atoms with Crippen molar-refractivity contribution in [3.05, 3.63) is 86.1 Å². The second-order valence-corrected chi connectivity index (χ2v) is 11.0. The maximum atomic E-state index is 13.5. The summed E-state index contributed by atoms with van der Waals surface area (Å²) >= 11 is 3.47. The van der Waals surface area contributed by atoms with Gasteiger partial charge in [0.25, 0.3) is 5.56 Å². The summed E-state index contributed by atoms with van der Waals surface area (Å²) in [5.41, 5.74) is 5.59. The van der Waals surface area contributed by atoms with Crippen molar-refractivity contribution in [3.63, 3.8) is 0 Å². The fraction of sp³-hybridized carbons (Fsp3) is 0.345. The molecule has 0 bridgehead atoms. The van der Waals surface area contributed by atoms with E-state index >= 15 is 0 Å². The maximum absolute atomic E-state index is 13.5. The van der Waals surface area contributed by atoms with Crippen molar-refractivity contribution in [1.29, 1.82) is 0 Å². The zero-order chi connectivity index (χ0) is 26.2. The molecule has 188 valence electrons. The molecule has 0 aliphatic carbocycles. The summed E-state index contributed by atoms with van der Waals surface area (Å²) in [5.74, 6) is 0.624. The van der Waals surface area contributed by atoms with Gasteiger partial charge in [-0.1, -0.05) is 36.7 Å². The van der Waals surface area contributed by atoms with Crippen LogP contribution in [0.25, 0.3) is 16.6 Å². The molecule has 2 aromatic heterocycles. The van der Waals surface area contributed by atoms with Gasteiger partial charge >= 0.3 is 0 Å². The predicted octanol–water partition coefficient (Wildman–Crippen LogP) is 6.59. The van der Waals surface area contributed by atoms with Crippen LogP contribution >= 0.6 is 15.9 Å². The van der Waals surface area contributed by atoms with E-state index in [2.05, 4.69) is 88.5 Å². The van der Waals surface area contributed by atoms with Crippen LogP contribution in [0.4, 0.5) is 5.69 Å². The molecule has 7 heteroatoms. The van der Waals surface area contributed by atoms with Gasteiger partial charge in [-0.2, -0.15) is 9.78 Å². The third-order valence-electron chi connectivity index (χ3n) is 6.50. The number of anilines is 1. The maximum Gasteiger partial charge on any atom is 0.282 e. The zero-order valence-corrected chi connectivity index (χ0v) is 23.7. The summed E-state index contributed by atoms with van der Waals surface area (Å²) in [5, 5.41) is 5.21. The number of nitrogens with zero attached hydrogens (tertiary/aromatic N) is 5. The fourth-order valence-electron chi connectivity index (χ4n) is 4.58. The Hall–Kier alpha value is -3.19. The second-order valence-electron chi connectivity index (χ2n) is 10.1. The Bertz CT molecular complexity index is 1490. The van der Waals surface area contributed by atoms with Crippen LogP contribution in [0.1, 0.15) is 57.4 Å². The van der Waals surface area contributed by atoms with Crippen LogP contribution in [0.2, 0.25) is 0 Å². The van der Waals surface area contributed by atoms with E-state index in [1.807, 2.05) is 32.9 Å². The Kier molecular flexibility index (Phi) is 7.23. The lowest BCUT2D eigenvalue weighted by atomic mass is 9.95. The van der Waals surface area contributed by atoms with Crippen molar-refractivity contribution in [2.45, 2.75) is 53.9 Å². The largest absolute Gasteiger partial charge is 0.372 e. The Morgan fingerprint density at radius 1 is 1.03 bits per heavy atom.